The third-order valence-electron chi connectivity index (χ3n) is 3.77. The average Bonchev–Trinajstić information content (AvgIpc) is 2.54. The Bertz CT molecular complexity index is 585. The number of hydrogen-bond donors (Lipinski definition) is 2. The molecular formula is C14H21N5O4. The van der Waals surface area contributed by atoms with Crippen LogP contribution >= 0.6 is 0 Å². The standard InChI is InChI=1S/C14H21N5O4/c1-18(2)11-10(12(23-3)16-8-15-11)17-14(22)19-6-4-9(5-7-19)13(20)21/h8-9H,4-7H2,1-3H3,(H,17,22)(H,20,21). The predicted molar refractivity (Wildman–Crippen MR) is 83.9 cm³/mol. The number of amides is 2. The summed E-state index contributed by atoms with van der Waals surface area (Å²) in [6.45, 7) is 0.798. The normalized spacial score (nSPS) is 15.2. The molecule has 0 spiro atoms. The Labute approximate surface area is 134 Å². The van der Waals surface area contributed by atoms with E-state index in [0.29, 0.717) is 37.4 Å². The topological polar surface area (TPSA) is 108 Å². The maximum atomic E-state index is 12.4. The Balaban J connectivity index is 2.10. The van der Waals surface area contributed by atoms with Gasteiger partial charge in [0.25, 0.3) is 0 Å². The molecule has 9 heteroatoms. The number of hydrogen-bond acceptors (Lipinski definition) is 6. The molecule has 1 saturated heterocycles. The number of methoxy groups -OCH3 is 1. The van der Waals surface area contributed by atoms with Crippen molar-refractivity contribution in [1.29, 1.82) is 0 Å². The minimum absolute atomic E-state index is 0.275. The summed E-state index contributed by atoms with van der Waals surface area (Å²) >= 11 is 0. The fourth-order valence-electron chi connectivity index (χ4n) is 2.48. The zero-order valence-electron chi connectivity index (χ0n) is 13.4. The average molecular weight is 323 g/mol. The summed E-state index contributed by atoms with van der Waals surface area (Å²) in [7, 11) is 5.07. The second-order valence-electron chi connectivity index (χ2n) is 5.51. The van der Waals surface area contributed by atoms with Crippen molar-refractivity contribution in [3.8, 4) is 5.88 Å². The highest BCUT2D eigenvalue weighted by molar-refractivity contribution is 5.94. The summed E-state index contributed by atoms with van der Waals surface area (Å²) < 4.78 is 5.18. The summed E-state index contributed by atoms with van der Waals surface area (Å²) in [5.74, 6) is -0.382. The Hall–Kier alpha value is -2.58. The number of carbonyl (C=O) groups is 2. The molecule has 0 aliphatic carbocycles. The molecule has 126 valence electrons. The van der Waals surface area contributed by atoms with Crippen LogP contribution in [0.3, 0.4) is 0 Å². The third-order valence-corrected chi connectivity index (χ3v) is 3.77. The van der Waals surface area contributed by atoms with E-state index in [2.05, 4.69) is 15.3 Å². The van der Waals surface area contributed by atoms with Crippen LogP contribution in [0.5, 0.6) is 5.88 Å². The Morgan fingerprint density at radius 2 is 2.00 bits per heavy atom. The number of nitrogens with one attached hydrogen (secondary N) is 1. The molecule has 2 amide bonds. The molecule has 0 saturated carbocycles. The van der Waals surface area contributed by atoms with Crippen molar-refractivity contribution < 1.29 is 19.4 Å². The van der Waals surface area contributed by atoms with E-state index < -0.39 is 5.97 Å². The Kier molecular flexibility index (Phi) is 5.20. The third kappa shape index (κ3) is 3.79. The van der Waals surface area contributed by atoms with Crippen LogP contribution in [0, 0.1) is 5.92 Å². The number of urea groups is 1. The van der Waals surface area contributed by atoms with Gasteiger partial charge in [-0.3, -0.25) is 10.1 Å². The van der Waals surface area contributed by atoms with Gasteiger partial charge in [-0.05, 0) is 12.8 Å². The first kappa shape index (κ1) is 16.8. The molecule has 0 bridgehead atoms. The van der Waals surface area contributed by atoms with Gasteiger partial charge in [-0.25, -0.2) is 9.78 Å². The molecule has 23 heavy (non-hydrogen) atoms. The number of ether oxygens (including phenoxy) is 1. The van der Waals surface area contributed by atoms with Gasteiger partial charge in [-0.15, -0.1) is 0 Å². The van der Waals surface area contributed by atoms with Gasteiger partial charge in [0.05, 0.1) is 13.0 Å². The predicted octanol–water partition coefficient (Wildman–Crippen LogP) is 0.880. The number of aliphatic carboxylic acids is 1. The number of nitrogens with zero attached hydrogens (tertiary/aromatic N) is 4. The van der Waals surface area contributed by atoms with E-state index >= 15 is 0 Å². The van der Waals surface area contributed by atoms with Gasteiger partial charge in [-0.2, -0.15) is 4.98 Å². The number of rotatable bonds is 4. The van der Waals surface area contributed by atoms with Crippen molar-refractivity contribution >= 4 is 23.5 Å². The second-order valence-corrected chi connectivity index (χ2v) is 5.51. The van der Waals surface area contributed by atoms with Crippen molar-refractivity contribution in [3.63, 3.8) is 0 Å². The Morgan fingerprint density at radius 1 is 1.35 bits per heavy atom. The summed E-state index contributed by atoms with van der Waals surface area (Å²) in [4.78, 5) is 34.9. The lowest BCUT2D eigenvalue weighted by Gasteiger charge is -2.30. The zero-order valence-corrected chi connectivity index (χ0v) is 13.4. The van der Waals surface area contributed by atoms with Crippen LogP contribution < -0.4 is 15.0 Å². The summed E-state index contributed by atoms with van der Waals surface area (Å²) in [6.07, 6.45) is 2.26. The lowest BCUT2D eigenvalue weighted by atomic mass is 9.97. The molecule has 1 aromatic heterocycles. The van der Waals surface area contributed by atoms with E-state index in [1.54, 1.807) is 23.9 Å². The minimum atomic E-state index is -0.807. The molecule has 2 N–H and O–H groups in total. The molecule has 2 heterocycles. The molecule has 0 atom stereocenters. The van der Waals surface area contributed by atoms with Crippen LogP contribution in [0.1, 0.15) is 12.8 Å². The van der Waals surface area contributed by atoms with Gasteiger partial charge in [0, 0.05) is 27.2 Å². The van der Waals surface area contributed by atoms with Crippen LogP contribution in [0.15, 0.2) is 6.33 Å². The van der Waals surface area contributed by atoms with Crippen molar-refractivity contribution in [2.75, 3.05) is 44.5 Å². The number of carbonyl (C=O) groups excluding carboxylic acids is 1. The van der Waals surface area contributed by atoms with Crippen LogP contribution in [0.4, 0.5) is 16.3 Å². The smallest absolute Gasteiger partial charge is 0.322 e. The number of carboxylic acid groups (broad SMARTS) is 1. The molecule has 1 aliphatic heterocycles. The first-order chi connectivity index (χ1) is 10.9. The number of likely N-dealkylation sites (tertiary alicyclic amines) is 1. The maximum absolute atomic E-state index is 12.4. The number of aromatic nitrogens is 2. The van der Waals surface area contributed by atoms with Crippen molar-refractivity contribution in [2.45, 2.75) is 12.8 Å². The largest absolute Gasteiger partial charge is 0.481 e. The van der Waals surface area contributed by atoms with Gasteiger partial charge in [0.1, 0.15) is 12.0 Å². The highest BCUT2D eigenvalue weighted by Gasteiger charge is 2.28. The molecule has 9 nitrogen and oxygen atoms in total. The summed E-state index contributed by atoms with van der Waals surface area (Å²) in [5.41, 5.74) is 0.394. The van der Waals surface area contributed by atoms with Crippen LogP contribution in [-0.2, 0) is 4.79 Å². The molecule has 1 aliphatic rings. The highest BCUT2D eigenvalue weighted by Crippen LogP contribution is 2.30. The van der Waals surface area contributed by atoms with Crippen LogP contribution in [-0.4, -0.2) is 66.3 Å². The summed E-state index contributed by atoms with van der Waals surface area (Å²) in [5, 5.41) is 11.8. The van der Waals surface area contributed by atoms with Crippen LogP contribution in [0.25, 0.3) is 0 Å². The second kappa shape index (κ2) is 7.12. The fraction of sp³-hybridized carbons (Fsp3) is 0.571. The van der Waals surface area contributed by atoms with E-state index in [1.807, 2.05) is 0 Å². The number of piperidine rings is 1. The molecule has 1 aromatic rings. The molecule has 1 fully saturated rings. The quantitative estimate of drug-likeness (QED) is 0.846. The van der Waals surface area contributed by atoms with Gasteiger partial charge < -0.3 is 19.6 Å². The minimum Gasteiger partial charge on any atom is -0.481 e. The highest BCUT2D eigenvalue weighted by atomic mass is 16.5. The molecule has 2 rings (SSSR count). The van der Waals surface area contributed by atoms with Crippen molar-refractivity contribution in [3.05, 3.63) is 6.33 Å². The molecule has 0 unspecified atom stereocenters. The first-order valence-corrected chi connectivity index (χ1v) is 7.29. The lowest BCUT2D eigenvalue weighted by Crippen LogP contribution is -2.42. The van der Waals surface area contributed by atoms with E-state index in [9.17, 15) is 9.59 Å². The summed E-state index contributed by atoms with van der Waals surface area (Å²) in [6, 6.07) is -0.315. The van der Waals surface area contributed by atoms with Crippen molar-refractivity contribution in [2.24, 2.45) is 5.92 Å². The van der Waals surface area contributed by atoms with E-state index in [4.69, 9.17) is 9.84 Å². The fourth-order valence-corrected chi connectivity index (χ4v) is 2.48. The number of carboxylic acids is 1. The SMILES string of the molecule is COc1ncnc(N(C)C)c1NC(=O)N1CCC(C(=O)O)CC1. The molecule has 0 aromatic carbocycles. The van der Waals surface area contributed by atoms with Gasteiger partial charge in [0.15, 0.2) is 5.82 Å². The van der Waals surface area contributed by atoms with Crippen LogP contribution in [0.2, 0.25) is 0 Å². The monoisotopic (exact) mass is 323 g/mol. The molecule has 0 radical (unpaired) electrons. The van der Waals surface area contributed by atoms with Crippen molar-refractivity contribution in [1.82, 2.24) is 14.9 Å². The number of anilines is 2. The zero-order chi connectivity index (χ0) is 17.0. The lowest BCUT2D eigenvalue weighted by molar-refractivity contribution is -0.143. The van der Waals surface area contributed by atoms with E-state index in [1.165, 1.54) is 13.4 Å². The van der Waals surface area contributed by atoms with Gasteiger partial charge in [0.2, 0.25) is 5.88 Å². The van der Waals surface area contributed by atoms with Gasteiger partial charge in [-0.1, -0.05) is 0 Å². The van der Waals surface area contributed by atoms with E-state index in [0.717, 1.165) is 0 Å². The van der Waals surface area contributed by atoms with E-state index in [-0.39, 0.29) is 17.8 Å². The maximum Gasteiger partial charge on any atom is 0.322 e. The Morgan fingerprint density at radius 3 is 2.52 bits per heavy atom. The van der Waals surface area contributed by atoms with Gasteiger partial charge >= 0.3 is 12.0 Å². The molecular weight excluding hydrogens is 302 g/mol. The first-order valence-electron chi connectivity index (χ1n) is 7.29.